The lowest BCUT2D eigenvalue weighted by Crippen LogP contribution is -2.45. The van der Waals surface area contributed by atoms with Crippen LogP contribution in [0, 0.1) is 0 Å². The minimum Gasteiger partial charge on any atom is -0.307 e. The zero-order chi connectivity index (χ0) is 8.44. The van der Waals surface area contributed by atoms with Crippen LogP contribution in [0.15, 0.2) is 0 Å². The summed E-state index contributed by atoms with van der Waals surface area (Å²) in [6, 6.07) is 0. The lowest BCUT2D eigenvalue weighted by molar-refractivity contribution is 0.358. The maximum absolute atomic E-state index is 11.8. The first kappa shape index (κ1) is 10.0. The van der Waals surface area contributed by atoms with Gasteiger partial charge in [0.1, 0.15) is 6.67 Å². The summed E-state index contributed by atoms with van der Waals surface area (Å²) in [6.45, 7) is 1.58. The van der Waals surface area contributed by atoms with Crippen LogP contribution in [0.1, 0.15) is 13.8 Å². The van der Waals surface area contributed by atoms with E-state index < -0.39 is 21.6 Å². The Hall–Kier alpha value is -0.0000000000000000555. The van der Waals surface area contributed by atoms with Crippen molar-refractivity contribution in [3.05, 3.63) is 0 Å². The summed E-state index contributed by atoms with van der Waals surface area (Å²) in [6.07, 6.45) is 0. The monoisotopic (exact) mass is 172 g/mol. The van der Waals surface area contributed by atoms with Crippen LogP contribution in [-0.2, 0) is 9.63 Å². The van der Waals surface area contributed by atoms with Crippen molar-refractivity contribution < 1.29 is 17.7 Å². The van der Waals surface area contributed by atoms with Gasteiger partial charge >= 0.3 is 0 Å². The van der Waals surface area contributed by atoms with E-state index in [1.807, 2.05) is 0 Å². The molecule has 0 rings (SSSR count). The number of hydrogen-bond acceptors (Lipinski definition) is 1. The van der Waals surface area contributed by atoms with Crippen LogP contribution in [0.2, 0.25) is 0 Å². The van der Waals surface area contributed by atoms with Gasteiger partial charge in [0.2, 0.25) is 0 Å². The van der Waals surface area contributed by atoms with E-state index in [9.17, 15) is 8.60 Å². The first-order valence-corrected chi connectivity index (χ1v) is 5.13. The molecule has 0 amide bonds. The summed E-state index contributed by atoms with van der Waals surface area (Å²) in [4.78, 5) is 0. The zero-order valence-corrected chi connectivity index (χ0v) is 6.90. The summed E-state index contributed by atoms with van der Waals surface area (Å²) >= 11 is 0. The fraction of sp³-hybridized carbons (Fsp3) is 1.00. The minimum atomic E-state index is -4.63. The summed E-state index contributed by atoms with van der Waals surface area (Å²) < 4.78 is 40.6. The molecule has 0 radical (unpaired) electrons. The first-order valence-electron chi connectivity index (χ1n) is 3.02. The van der Waals surface area contributed by atoms with E-state index in [0.717, 1.165) is 0 Å². The van der Waals surface area contributed by atoms with Crippen molar-refractivity contribution in [1.29, 1.82) is 0 Å². The van der Waals surface area contributed by atoms with Gasteiger partial charge in [-0.05, 0) is 6.92 Å². The third-order valence-electron chi connectivity index (χ3n) is 1.57. The molecule has 1 unspecified atom stereocenters. The van der Waals surface area contributed by atoms with Gasteiger partial charge in [-0.1, -0.05) is 6.92 Å². The first-order chi connectivity index (χ1) is 4.32. The fourth-order valence-corrected chi connectivity index (χ4v) is 1.23. The molecule has 1 atom stereocenters. The third-order valence-corrected chi connectivity index (χ3v) is 4.40. The SMILES string of the molecule is CCS(=O)(O)(O)C(C)CF. The van der Waals surface area contributed by atoms with Crippen molar-refractivity contribution >= 4 is 9.63 Å². The van der Waals surface area contributed by atoms with E-state index in [-0.39, 0.29) is 5.75 Å². The van der Waals surface area contributed by atoms with Crippen LogP contribution in [0.5, 0.6) is 0 Å². The van der Waals surface area contributed by atoms with Crippen molar-refractivity contribution in [2.24, 2.45) is 0 Å². The lowest BCUT2D eigenvalue weighted by Gasteiger charge is -2.33. The standard InChI is InChI=1S/C5H13FO3S/c1-3-10(7,8,9)5(2)4-6/h5H,3-4H2,1-2H3,(H2,7,8,9). The Bertz CT molecular complexity index is 174. The Balaban J connectivity index is 4.53. The second kappa shape index (κ2) is 2.56. The molecule has 0 aromatic heterocycles. The zero-order valence-electron chi connectivity index (χ0n) is 6.08. The van der Waals surface area contributed by atoms with Crippen LogP contribution in [0.25, 0.3) is 0 Å². The van der Waals surface area contributed by atoms with Gasteiger partial charge in [0.05, 0.1) is 14.9 Å². The highest BCUT2D eigenvalue weighted by Gasteiger charge is 2.34. The van der Waals surface area contributed by atoms with Crippen LogP contribution in [0.4, 0.5) is 4.39 Å². The van der Waals surface area contributed by atoms with E-state index in [1.165, 1.54) is 13.8 Å². The van der Waals surface area contributed by atoms with Crippen molar-refractivity contribution in [2.45, 2.75) is 19.1 Å². The van der Waals surface area contributed by atoms with Crippen molar-refractivity contribution in [3.8, 4) is 0 Å². The van der Waals surface area contributed by atoms with Crippen molar-refractivity contribution in [3.63, 3.8) is 0 Å². The molecule has 2 N–H and O–H groups in total. The normalized spacial score (nSPS) is 19.5. The van der Waals surface area contributed by atoms with Crippen molar-refractivity contribution in [1.82, 2.24) is 0 Å². The summed E-state index contributed by atoms with van der Waals surface area (Å²) in [5.41, 5.74) is 0. The predicted octanol–water partition coefficient (Wildman–Crippen LogP) is 1.13. The molecule has 0 bridgehead atoms. The van der Waals surface area contributed by atoms with E-state index >= 15 is 0 Å². The maximum atomic E-state index is 11.8. The van der Waals surface area contributed by atoms with E-state index in [0.29, 0.717) is 0 Å². The topological polar surface area (TPSA) is 57.5 Å². The minimum absolute atomic E-state index is 0.317. The van der Waals surface area contributed by atoms with Gasteiger partial charge in [0.15, 0.2) is 0 Å². The average Bonchev–Trinajstić information content (AvgIpc) is 1.86. The molecule has 0 aliphatic carbocycles. The smallest absolute Gasteiger partial charge is 0.106 e. The number of alkyl halides is 1. The average molecular weight is 172 g/mol. The summed E-state index contributed by atoms with van der Waals surface area (Å²) in [5, 5.41) is -1.19. The van der Waals surface area contributed by atoms with Gasteiger partial charge in [-0.3, -0.25) is 0 Å². The maximum Gasteiger partial charge on any atom is 0.106 e. The van der Waals surface area contributed by atoms with Crippen LogP contribution >= 0.6 is 0 Å². The molecule has 0 aliphatic heterocycles. The highest BCUT2D eigenvalue weighted by Crippen LogP contribution is 2.22. The Morgan fingerprint density at radius 3 is 2.10 bits per heavy atom. The second-order valence-corrected chi connectivity index (χ2v) is 5.88. The Morgan fingerprint density at radius 2 is 2.00 bits per heavy atom. The molecule has 0 aliphatic rings. The number of hydrogen-bond donors (Lipinski definition) is 2. The van der Waals surface area contributed by atoms with Gasteiger partial charge < -0.3 is 9.11 Å². The molecule has 0 saturated heterocycles. The molecular weight excluding hydrogens is 159 g/mol. The molecule has 0 saturated carbocycles. The molecule has 0 heterocycles. The van der Waals surface area contributed by atoms with Gasteiger partial charge in [-0.2, -0.15) is 0 Å². The molecule has 10 heavy (non-hydrogen) atoms. The molecular formula is C5H13FO3S. The molecule has 64 valence electrons. The van der Waals surface area contributed by atoms with Gasteiger partial charge in [-0.25, -0.2) is 8.60 Å². The van der Waals surface area contributed by atoms with Gasteiger partial charge in [0, 0.05) is 5.75 Å². The Morgan fingerprint density at radius 1 is 1.60 bits per heavy atom. The molecule has 0 aromatic carbocycles. The lowest BCUT2D eigenvalue weighted by atomic mass is 10.5. The summed E-state index contributed by atoms with van der Waals surface area (Å²) in [5.74, 6) is -0.317. The third kappa shape index (κ3) is 2.00. The molecule has 0 fully saturated rings. The van der Waals surface area contributed by atoms with Gasteiger partial charge in [-0.15, -0.1) is 0 Å². The van der Waals surface area contributed by atoms with Crippen LogP contribution in [0.3, 0.4) is 0 Å². The molecule has 0 spiro atoms. The predicted molar refractivity (Wildman–Crippen MR) is 39.4 cm³/mol. The summed E-state index contributed by atoms with van der Waals surface area (Å²) in [7, 11) is -4.63. The molecule has 0 aromatic rings. The quantitative estimate of drug-likeness (QED) is 0.671. The van der Waals surface area contributed by atoms with Gasteiger partial charge in [0.25, 0.3) is 0 Å². The van der Waals surface area contributed by atoms with E-state index in [1.54, 1.807) is 0 Å². The van der Waals surface area contributed by atoms with E-state index in [4.69, 9.17) is 9.11 Å². The Kier molecular flexibility index (Phi) is 2.56. The molecule has 3 nitrogen and oxygen atoms in total. The van der Waals surface area contributed by atoms with Crippen LogP contribution < -0.4 is 0 Å². The Labute approximate surface area is 59.7 Å². The largest absolute Gasteiger partial charge is 0.307 e. The van der Waals surface area contributed by atoms with Crippen molar-refractivity contribution in [2.75, 3.05) is 12.4 Å². The number of halogens is 1. The highest BCUT2D eigenvalue weighted by molar-refractivity contribution is 8.10. The molecule has 5 heteroatoms. The number of rotatable bonds is 3. The fourth-order valence-electron chi connectivity index (χ4n) is 0.411. The highest BCUT2D eigenvalue weighted by atomic mass is 32.3. The van der Waals surface area contributed by atoms with E-state index in [2.05, 4.69) is 0 Å². The second-order valence-electron chi connectivity index (χ2n) is 2.33. The van der Waals surface area contributed by atoms with Crippen LogP contribution in [-0.4, -0.2) is 31.0 Å².